The predicted octanol–water partition coefficient (Wildman–Crippen LogP) is 1.81. The third-order valence-electron chi connectivity index (χ3n) is 5.09. The molecule has 0 spiro atoms. The van der Waals surface area contributed by atoms with Gasteiger partial charge in [-0.3, -0.25) is 14.5 Å². The molecule has 1 aromatic carbocycles. The van der Waals surface area contributed by atoms with Crippen LogP contribution in [0.2, 0.25) is 0 Å². The van der Waals surface area contributed by atoms with Gasteiger partial charge in [-0.2, -0.15) is 5.10 Å². The number of hydrogen-bond acceptors (Lipinski definition) is 4. The Morgan fingerprint density at radius 2 is 2.07 bits per heavy atom. The fraction of sp³-hybridized carbons (Fsp3) is 0.500. The second kappa shape index (κ2) is 11.1. The van der Waals surface area contributed by atoms with Crippen molar-refractivity contribution in [3.8, 4) is 0 Å². The summed E-state index contributed by atoms with van der Waals surface area (Å²) in [5, 5.41) is 7.41. The molecule has 0 bridgehead atoms. The number of benzene rings is 1. The summed E-state index contributed by atoms with van der Waals surface area (Å²) in [5.41, 5.74) is 2.63. The average molecular weight is 511 g/mol. The van der Waals surface area contributed by atoms with Crippen LogP contribution in [0.15, 0.2) is 35.6 Å². The van der Waals surface area contributed by atoms with Crippen molar-refractivity contribution in [1.82, 2.24) is 29.9 Å². The SMILES string of the molecule is CN=C(NCCCC(=O)N1CCc2ccccc2C1)N(C)Cc1ncnn1C.I. The van der Waals surface area contributed by atoms with E-state index < -0.39 is 0 Å². The Morgan fingerprint density at radius 3 is 2.76 bits per heavy atom. The van der Waals surface area contributed by atoms with Crippen LogP contribution >= 0.6 is 24.0 Å². The Hall–Kier alpha value is -2.17. The van der Waals surface area contributed by atoms with Crippen LogP contribution in [0.4, 0.5) is 0 Å². The second-order valence-electron chi connectivity index (χ2n) is 7.07. The number of halogens is 1. The van der Waals surface area contributed by atoms with Crippen molar-refractivity contribution in [3.63, 3.8) is 0 Å². The lowest BCUT2D eigenvalue weighted by atomic mass is 9.99. The van der Waals surface area contributed by atoms with E-state index in [0.717, 1.165) is 37.7 Å². The number of guanidine groups is 1. The molecule has 1 aliphatic heterocycles. The zero-order chi connectivity index (χ0) is 19.9. The Kier molecular flexibility index (Phi) is 8.87. The molecular formula is C20H30IN7O. The maximum atomic E-state index is 12.5. The lowest BCUT2D eigenvalue weighted by Crippen LogP contribution is -2.40. The van der Waals surface area contributed by atoms with Gasteiger partial charge in [-0.05, 0) is 24.0 Å². The molecule has 158 valence electrons. The first-order chi connectivity index (χ1) is 13.6. The number of hydrogen-bond donors (Lipinski definition) is 1. The summed E-state index contributed by atoms with van der Waals surface area (Å²) in [6.45, 7) is 2.85. The van der Waals surface area contributed by atoms with Crippen LogP contribution in [0.5, 0.6) is 0 Å². The molecule has 0 fully saturated rings. The molecule has 2 aromatic rings. The Morgan fingerprint density at radius 1 is 1.31 bits per heavy atom. The molecule has 2 heterocycles. The molecule has 0 radical (unpaired) electrons. The van der Waals surface area contributed by atoms with Crippen LogP contribution in [-0.2, 0) is 31.4 Å². The topological polar surface area (TPSA) is 78.7 Å². The van der Waals surface area contributed by atoms with E-state index in [4.69, 9.17) is 0 Å². The highest BCUT2D eigenvalue weighted by Crippen LogP contribution is 2.19. The smallest absolute Gasteiger partial charge is 0.222 e. The maximum Gasteiger partial charge on any atom is 0.222 e. The van der Waals surface area contributed by atoms with Crippen molar-refractivity contribution in [2.75, 3.05) is 27.2 Å². The minimum Gasteiger partial charge on any atom is -0.356 e. The van der Waals surface area contributed by atoms with Crippen LogP contribution in [0.3, 0.4) is 0 Å². The third-order valence-corrected chi connectivity index (χ3v) is 5.09. The minimum atomic E-state index is 0. The molecular weight excluding hydrogens is 481 g/mol. The molecule has 0 saturated heterocycles. The Labute approximate surface area is 189 Å². The van der Waals surface area contributed by atoms with Gasteiger partial charge in [-0.1, -0.05) is 24.3 Å². The van der Waals surface area contributed by atoms with Gasteiger partial charge in [-0.15, -0.1) is 24.0 Å². The van der Waals surface area contributed by atoms with Gasteiger partial charge >= 0.3 is 0 Å². The third kappa shape index (κ3) is 6.15. The lowest BCUT2D eigenvalue weighted by Gasteiger charge is -2.29. The zero-order valence-corrected chi connectivity index (χ0v) is 19.7. The number of aryl methyl sites for hydroxylation is 1. The largest absolute Gasteiger partial charge is 0.356 e. The Balaban J connectivity index is 0.00000300. The molecule has 3 rings (SSSR count). The second-order valence-corrected chi connectivity index (χ2v) is 7.07. The number of aromatic nitrogens is 3. The number of nitrogens with zero attached hydrogens (tertiary/aromatic N) is 6. The van der Waals surface area contributed by atoms with Gasteiger partial charge in [0.1, 0.15) is 12.2 Å². The van der Waals surface area contributed by atoms with Crippen molar-refractivity contribution in [2.24, 2.45) is 12.0 Å². The van der Waals surface area contributed by atoms with Gasteiger partial charge in [0, 0.05) is 47.2 Å². The fourth-order valence-corrected chi connectivity index (χ4v) is 3.44. The van der Waals surface area contributed by atoms with Crippen LogP contribution in [-0.4, -0.2) is 63.6 Å². The summed E-state index contributed by atoms with van der Waals surface area (Å²) in [6.07, 6.45) is 3.80. The van der Waals surface area contributed by atoms with E-state index in [0.29, 0.717) is 19.5 Å². The molecule has 1 N–H and O–H groups in total. The van der Waals surface area contributed by atoms with Crippen molar-refractivity contribution in [2.45, 2.75) is 32.4 Å². The quantitative estimate of drug-likeness (QED) is 0.277. The summed E-state index contributed by atoms with van der Waals surface area (Å²) in [5.74, 6) is 1.87. The number of rotatable bonds is 6. The molecule has 1 amide bonds. The predicted molar refractivity (Wildman–Crippen MR) is 124 cm³/mol. The van der Waals surface area contributed by atoms with Crippen LogP contribution < -0.4 is 5.32 Å². The molecule has 1 aromatic heterocycles. The van der Waals surface area contributed by atoms with Crippen LogP contribution in [0.25, 0.3) is 0 Å². The molecule has 1 aliphatic rings. The van der Waals surface area contributed by atoms with Gasteiger partial charge in [0.05, 0.1) is 6.54 Å². The van der Waals surface area contributed by atoms with E-state index in [1.807, 2.05) is 30.0 Å². The fourth-order valence-electron chi connectivity index (χ4n) is 3.44. The van der Waals surface area contributed by atoms with E-state index in [1.54, 1.807) is 18.1 Å². The molecule has 0 saturated carbocycles. The standard InChI is InChI=1S/C20H29N7O.HI/c1-21-20(25(2)14-18-23-15-24-26(18)3)22-11-6-9-19(28)27-12-10-16-7-4-5-8-17(16)13-27;/h4-5,7-8,15H,6,9-14H2,1-3H3,(H,21,22);1H. The molecule has 0 unspecified atom stereocenters. The molecule has 8 nitrogen and oxygen atoms in total. The number of aliphatic imine (C=N–C) groups is 1. The normalized spacial score (nSPS) is 13.5. The molecule has 0 aliphatic carbocycles. The number of fused-ring (bicyclic) bond motifs is 1. The summed E-state index contributed by atoms with van der Waals surface area (Å²) in [7, 11) is 5.59. The summed E-state index contributed by atoms with van der Waals surface area (Å²) < 4.78 is 1.75. The maximum absolute atomic E-state index is 12.5. The average Bonchev–Trinajstić information content (AvgIpc) is 3.11. The number of amides is 1. The first-order valence-electron chi connectivity index (χ1n) is 9.67. The van der Waals surface area contributed by atoms with Gasteiger partial charge in [0.2, 0.25) is 5.91 Å². The van der Waals surface area contributed by atoms with Gasteiger partial charge in [-0.25, -0.2) is 4.98 Å². The first kappa shape index (κ1) is 23.1. The van der Waals surface area contributed by atoms with Crippen LogP contribution in [0, 0.1) is 0 Å². The number of nitrogens with one attached hydrogen (secondary N) is 1. The van der Waals surface area contributed by atoms with Crippen molar-refractivity contribution in [3.05, 3.63) is 47.5 Å². The highest BCUT2D eigenvalue weighted by Gasteiger charge is 2.19. The molecule has 29 heavy (non-hydrogen) atoms. The van der Waals surface area contributed by atoms with Crippen molar-refractivity contribution < 1.29 is 4.79 Å². The van der Waals surface area contributed by atoms with E-state index in [9.17, 15) is 4.79 Å². The van der Waals surface area contributed by atoms with Crippen molar-refractivity contribution in [1.29, 1.82) is 0 Å². The highest BCUT2D eigenvalue weighted by atomic mass is 127. The van der Waals surface area contributed by atoms with E-state index in [-0.39, 0.29) is 29.9 Å². The monoisotopic (exact) mass is 511 g/mol. The summed E-state index contributed by atoms with van der Waals surface area (Å²) in [6, 6.07) is 8.38. The van der Waals surface area contributed by atoms with E-state index in [2.05, 4.69) is 38.6 Å². The minimum absolute atomic E-state index is 0. The summed E-state index contributed by atoms with van der Waals surface area (Å²) in [4.78, 5) is 25.1. The molecule has 0 atom stereocenters. The first-order valence-corrected chi connectivity index (χ1v) is 9.67. The summed E-state index contributed by atoms with van der Waals surface area (Å²) >= 11 is 0. The van der Waals surface area contributed by atoms with Gasteiger partial charge in [0.25, 0.3) is 0 Å². The van der Waals surface area contributed by atoms with Gasteiger partial charge in [0.15, 0.2) is 5.96 Å². The highest BCUT2D eigenvalue weighted by molar-refractivity contribution is 14.0. The van der Waals surface area contributed by atoms with E-state index >= 15 is 0 Å². The van der Waals surface area contributed by atoms with Crippen molar-refractivity contribution >= 4 is 35.8 Å². The van der Waals surface area contributed by atoms with Crippen LogP contribution in [0.1, 0.15) is 29.8 Å². The van der Waals surface area contributed by atoms with E-state index in [1.165, 1.54) is 11.1 Å². The lowest BCUT2D eigenvalue weighted by molar-refractivity contribution is -0.132. The zero-order valence-electron chi connectivity index (χ0n) is 17.3. The Bertz CT molecular complexity index is 836. The van der Waals surface area contributed by atoms with Gasteiger partial charge < -0.3 is 15.1 Å². The number of carbonyl (C=O) groups excluding carboxylic acids is 1. The molecule has 9 heteroatoms. The number of carbonyl (C=O) groups is 1.